The van der Waals surface area contributed by atoms with Crippen LogP contribution in [0.15, 0.2) is 53.0 Å². The van der Waals surface area contributed by atoms with E-state index in [1.165, 1.54) is 29.5 Å². The molecule has 1 atom stereocenters. The van der Waals surface area contributed by atoms with Crippen LogP contribution in [0.1, 0.15) is 36.0 Å². The molecule has 0 aliphatic carbocycles. The van der Waals surface area contributed by atoms with Crippen molar-refractivity contribution < 1.29 is 0 Å². The van der Waals surface area contributed by atoms with Crippen LogP contribution in [0.3, 0.4) is 0 Å². The number of likely N-dealkylation sites (tertiary alicyclic amines) is 1. The highest BCUT2D eigenvalue weighted by molar-refractivity contribution is 9.10. The third-order valence-electron chi connectivity index (χ3n) is 5.30. The normalized spacial score (nSPS) is 15.8. The minimum Gasteiger partial charge on any atom is -0.298 e. The van der Waals surface area contributed by atoms with Crippen LogP contribution < -0.4 is 0 Å². The molecule has 0 N–H and O–H groups in total. The van der Waals surface area contributed by atoms with Gasteiger partial charge in [0.1, 0.15) is 0 Å². The Balaban J connectivity index is 1.75. The van der Waals surface area contributed by atoms with E-state index in [1.54, 1.807) is 0 Å². The summed E-state index contributed by atoms with van der Waals surface area (Å²) in [7, 11) is 0. The molecule has 1 unspecified atom stereocenters. The number of aryl methyl sites for hydroxylation is 1. The quantitative estimate of drug-likeness (QED) is 0.586. The van der Waals surface area contributed by atoms with E-state index in [-0.39, 0.29) is 0 Å². The molecule has 1 fully saturated rings. The molecular formula is C23H28BrN3. The Morgan fingerprint density at radius 2 is 1.56 bits per heavy atom. The fraction of sp³-hybridized carbons (Fsp3) is 0.435. The highest BCUT2D eigenvalue weighted by atomic mass is 79.9. The SMILES string of the molecule is Cc1ccc(CN(Cc2ccc(Br)cc2)CC(CC#N)N2CCCC2)cc1. The van der Waals surface area contributed by atoms with Crippen molar-refractivity contribution in [2.75, 3.05) is 19.6 Å². The summed E-state index contributed by atoms with van der Waals surface area (Å²) >= 11 is 3.52. The first-order valence-corrected chi connectivity index (χ1v) is 10.6. The van der Waals surface area contributed by atoms with E-state index in [1.807, 2.05) is 0 Å². The third kappa shape index (κ3) is 6.17. The van der Waals surface area contributed by atoms with E-state index in [9.17, 15) is 5.26 Å². The second-order valence-corrected chi connectivity index (χ2v) is 8.46. The van der Waals surface area contributed by atoms with Gasteiger partial charge in [0.15, 0.2) is 0 Å². The zero-order valence-electron chi connectivity index (χ0n) is 16.1. The molecule has 4 heteroatoms. The molecule has 1 aliphatic heterocycles. The Morgan fingerprint density at radius 1 is 1.00 bits per heavy atom. The van der Waals surface area contributed by atoms with E-state index in [0.29, 0.717) is 12.5 Å². The summed E-state index contributed by atoms with van der Waals surface area (Å²) in [5.41, 5.74) is 3.93. The van der Waals surface area contributed by atoms with E-state index in [4.69, 9.17) is 0 Å². The molecule has 0 saturated carbocycles. The molecular weight excluding hydrogens is 398 g/mol. The Morgan fingerprint density at radius 3 is 2.11 bits per heavy atom. The van der Waals surface area contributed by atoms with Gasteiger partial charge in [-0.1, -0.05) is 57.9 Å². The van der Waals surface area contributed by atoms with Gasteiger partial charge in [0.2, 0.25) is 0 Å². The van der Waals surface area contributed by atoms with Crippen LogP contribution >= 0.6 is 15.9 Å². The maximum Gasteiger partial charge on any atom is 0.0638 e. The highest BCUT2D eigenvalue weighted by Crippen LogP contribution is 2.19. The molecule has 1 aliphatic rings. The first-order valence-electron chi connectivity index (χ1n) is 9.77. The van der Waals surface area contributed by atoms with Crippen molar-refractivity contribution in [1.82, 2.24) is 9.80 Å². The van der Waals surface area contributed by atoms with Gasteiger partial charge in [-0.3, -0.25) is 9.80 Å². The molecule has 0 aromatic heterocycles. The van der Waals surface area contributed by atoms with Crippen molar-refractivity contribution in [3.8, 4) is 6.07 Å². The number of rotatable bonds is 8. The lowest BCUT2D eigenvalue weighted by atomic mass is 10.1. The van der Waals surface area contributed by atoms with Crippen LogP contribution in [0.4, 0.5) is 0 Å². The predicted molar refractivity (Wildman–Crippen MR) is 114 cm³/mol. The van der Waals surface area contributed by atoms with Crippen LogP contribution in [0.25, 0.3) is 0 Å². The Hall–Kier alpha value is -1.67. The van der Waals surface area contributed by atoms with Crippen LogP contribution in [-0.2, 0) is 13.1 Å². The second-order valence-electron chi connectivity index (χ2n) is 7.54. The number of halogens is 1. The van der Waals surface area contributed by atoms with Gasteiger partial charge in [-0.2, -0.15) is 5.26 Å². The van der Waals surface area contributed by atoms with Crippen LogP contribution in [-0.4, -0.2) is 35.5 Å². The van der Waals surface area contributed by atoms with Crippen molar-refractivity contribution in [3.05, 3.63) is 69.7 Å². The largest absolute Gasteiger partial charge is 0.298 e. The van der Waals surface area contributed by atoms with Crippen molar-refractivity contribution in [1.29, 1.82) is 5.26 Å². The van der Waals surface area contributed by atoms with E-state index >= 15 is 0 Å². The summed E-state index contributed by atoms with van der Waals surface area (Å²) < 4.78 is 1.11. The topological polar surface area (TPSA) is 30.3 Å². The van der Waals surface area contributed by atoms with Crippen molar-refractivity contribution in [2.45, 2.75) is 45.3 Å². The van der Waals surface area contributed by atoms with Crippen molar-refractivity contribution in [3.63, 3.8) is 0 Å². The predicted octanol–water partition coefficient (Wildman–Crippen LogP) is 5.14. The summed E-state index contributed by atoms with van der Waals surface area (Å²) in [4.78, 5) is 5.00. The lowest BCUT2D eigenvalue weighted by molar-refractivity contribution is 0.152. The smallest absolute Gasteiger partial charge is 0.0638 e. The Kier molecular flexibility index (Phi) is 7.46. The first-order chi connectivity index (χ1) is 13.1. The summed E-state index contributed by atoms with van der Waals surface area (Å²) in [6.45, 7) is 7.12. The number of benzene rings is 2. The monoisotopic (exact) mass is 425 g/mol. The summed E-state index contributed by atoms with van der Waals surface area (Å²) in [6.07, 6.45) is 3.12. The molecule has 2 aromatic carbocycles. The van der Waals surface area contributed by atoms with Gasteiger partial charge in [0.25, 0.3) is 0 Å². The molecule has 3 nitrogen and oxygen atoms in total. The number of nitriles is 1. The Bertz CT molecular complexity index is 695. The van der Waals surface area contributed by atoms with Gasteiger partial charge in [-0.25, -0.2) is 0 Å². The molecule has 1 saturated heterocycles. The first kappa shape index (κ1) is 20.1. The van der Waals surface area contributed by atoms with Crippen LogP contribution in [0.2, 0.25) is 0 Å². The average Bonchev–Trinajstić information content (AvgIpc) is 3.20. The maximum absolute atomic E-state index is 9.35. The molecule has 1 heterocycles. The fourth-order valence-corrected chi connectivity index (χ4v) is 4.07. The molecule has 142 valence electrons. The standard InChI is InChI=1S/C23H28BrN3/c1-19-4-6-20(7-5-19)16-26(17-21-8-10-22(24)11-9-21)18-23(12-13-25)27-14-2-3-15-27/h4-11,23H,2-3,12,14-18H2,1H3. The van der Waals surface area contributed by atoms with Gasteiger partial charge < -0.3 is 0 Å². The lowest BCUT2D eigenvalue weighted by Crippen LogP contribution is -2.42. The van der Waals surface area contributed by atoms with Crippen LogP contribution in [0.5, 0.6) is 0 Å². The zero-order chi connectivity index (χ0) is 19.1. The molecule has 0 radical (unpaired) electrons. The average molecular weight is 426 g/mol. The molecule has 27 heavy (non-hydrogen) atoms. The van der Waals surface area contributed by atoms with Crippen LogP contribution in [0, 0.1) is 18.3 Å². The lowest BCUT2D eigenvalue weighted by Gasteiger charge is -2.32. The van der Waals surface area contributed by atoms with Gasteiger partial charge in [0.05, 0.1) is 12.5 Å². The zero-order valence-corrected chi connectivity index (χ0v) is 17.7. The molecule has 0 spiro atoms. The van der Waals surface area contributed by atoms with E-state index < -0.39 is 0 Å². The van der Waals surface area contributed by atoms with Gasteiger partial charge >= 0.3 is 0 Å². The minimum atomic E-state index is 0.318. The summed E-state index contributed by atoms with van der Waals surface area (Å²) in [5.74, 6) is 0. The van der Waals surface area contributed by atoms with Gasteiger partial charge in [0, 0.05) is 30.1 Å². The molecule has 0 amide bonds. The fourth-order valence-electron chi connectivity index (χ4n) is 3.80. The minimum absolute atomic E-state index is 0.318. The van der Waals surface area contributed by atoms with E-state index in [0.717, 1.165) is 37.2 Å². The molecule has 2 aromatic rings. The molecule has 3 rings (SSSR count). The van der Waals surface area contributed by atoms with Gasteiger partial charge in [-0.05, 0) is 56.1 Å². The summed E-state index contributed by atoms with van der Waals surface area (Å²) in [5, 5.41) is 9.35. The Labute approximate surface area is 171 Å². The molecule has 0 bridgehead atoms. The van der Waals surface area contributed by atoms with Gasteiger partial charge in [-0.15, -0.1) is 0 Å². The van der Waals surface area contributed by atoms with Crippen molar-refractivity contribution in [2.24, 2.45) is 0 Å². The third-order valence-corrected chi connectivity index (χ3v) is 5.83. The number of nitrogens with zero attached hydrogens (tertiary/aromatic N) is 3. The second kappa shape index (κ2) is 10.0. The summed E-state index contributed by atoms with van der Waals surface area (Å²) in [6, 6.07) is 20.1. The highest BCUT2D eigenvalue weighted by Gasteiger charge is 2.24. The number of hydrogen-bond acceptors (Lipinski definition) is 3. The number of hydrogen-bond donors (Lipinski definition) is 0. The van der Waals surface area contributed by atoms with Crippen molar-refractivity contribution >= 4 is 15.9 Å². The van der Waals surface area contributed by atoms with E-state index in [2.05, 4.69) is 87.3 Å². The maximum atomic E-state index is 9.35.